The fourth-order valence-electron chi connectivity index (χ4n) is 12.7. The van der Waals surface area contributed by atoms with E-state index in [4.69, 9.17) is 0 Å². The Hall–Kier alpha value is -7.40. The first-order valence-corrected chi connectivity index (χ1v) is 25.5. The van der Waals surface area contributed by atoms with Crippen molar-refractivity contribution in [1.82, 2.24) is 0 Å². The van der Waals surface area contributed by atoms with Crippen LogP contribution in [0.3, 0.4) is 0 Å². The van der Waals surface area contributed by atoms with Crippen molar-refractivity contribution in [1.29, 1.82) is 0 Å². The third-order valence-electron chi connectivity index (χ3n) is 15.8. The van der Waals surface area contributed by atoms with Crippen LogP contribution in [0.5, 0.6) is 0 Å². The average Bonchev–Trinajstić information content (AvgIpc) is 3.99. The second kappa shape index (κ2) is 14.6. The fraction of sp³-hybridized carbons (Fsp3) is 0.138. The minimum atomic E-state index is -0.432. The lowest BCUT2D eigenvalue weighted by atomic mass is 9.36. The Balaban J connectivity index is 1.09. The van der Waals surface area contributed by atoms with E-state index in [-0.39, 0.29) is 12.1 Å². The van der Waals surface area contributed by atoms with E-state index in [0.29, 0.717) is 5.92 Å². The van der Waals surface area contributed by atoms with Crippen LogP contribution in [-0.4, -0.2) is 6.71 Å². The molecule has 0 amide bonds. The maximum atomic E-state index is 2.63. The van der Waals surface area contributed by atoms with Crippen molar-refractivity contribution < 1.29 is 0 Å². The number of aryl methyl sites for hydroxylation is 1. The lowest BCUT2D eigenvalue weighted by Gasteiger charge is -2.43. The minimum Gasteiger partial charge on any atom is -0.311 e. The van der Waals surface area contributed by atoms with Crippen molar-refractivity contribution in [3.63, 3.8) is 0 Å². The lowest BCUT2D eigenvalue weighted by Crippen LogP contribution is -2.60. The first-order chi connectivity index (χ1) is 33.6. The molecule has 14 rings (SSSR count). The highest BCUT2D eigenvalue weighted by Gasteiger charge is 2.53. The summed E-state index contributed by atoms with van der Waals surface area (Å²) in [5.41, 5.74) is 27.0. The zero-order chi connectivity index (χ0) is 46.5. The molecule has 4 heteroatoms. The van der Waals surface area contributed by atoms with Gasteiger partial charge in [0, 0.05) is 43.3 Å². The Labute approximate surface area is 410 Å². The molecule has 2 nitrogen and oxygen atoms in total. The molecule has 0 unspecified atom stereocenters. The summed E-state index contributed by atoms with van der Waals surface area (Å²) >= 11 is 2.01. The molecule has 4 aliphatic rings. The van der Waals surface area contributed by atoms with Gasteiger partial charge in [0.25, 0.3) is 6.71 Å². The van der Waals surface area contributed by atoms with Gasteiger partial charge in [-0.25, -0.2) is 0 Å². The molecular formula is C65H51BN2S. The quantitative estimate of drug-likeness (QED) is 0.162. The molecule has 0 N–H and O–H groups in total. The van der Waals surface area contributed by atoms with Crippen molar-refractivity contribution >= 4 is 78.0 Å². The van der Waals surface area contributed by atoms with E-state index in [1.165, 1.54) is 127 Å². The monoisotopic (exact) mass is 902 g/mol. The van der Waals surface area contributed by atoms with Crippen LogP contribution in [-0.2, 0) is 10.8 Å². The number of rotatable bonds is 4. The van der Waals surface area contributed by atoms with Gasteiger partial charge in [0.15, 0.2) is 0 Å². The fourth-order valence-corrected chi connectivity index (χ4v) is 14.0. The Bertz CT molecular complexity index is 3720. The molecule has 2 aliphatic carbocycles. The first kappa shape index (κ1) is 40.7. The molecule has 2 aliphatic heterocycles. The molecule has 1 spiro atoms. The maximum Gasteiger partial charge on any atom is 0.264 e. The molecule has 0 atom stereocenters. The highest BCUT2D eigenvalue weighted by Crippen LogP contribution is 2.64. The largest absolute Gasteiger partial charge is 0.311 e. The van der Waals surface area contributed by atoms with Gasteiger partial charge in [0.1, 0.15) is 0 Å². The number of benzene rings is 9. The molecule has 330 valence electrons. The van der Waals surface area contributed by atoms with Gasteiger partial charge in [-0.15, -0.1) is 11.3 Å². The third-order valence-corrected chi connectivity index (χ3v) is 17.0. The predicted octanol–water partition coefficient (Wildman–Crippen LogP) is 15.7. The summed E-state index contributed by atoms with van der Waals surface area (Å²) in [7, 11) is 0. The van der Waals surface area contributed by atoms with Gasteiger partial charge in [-0.3, -0.25) is 0 Å². The van der Waals surface area contributed by atoms with Gasteiger partial charge in [-0.1, -0.05) is 174 Å². The molecule has 9 aromatic carbocycles. The summed E-state index contributed by atoms with van der Waals surface area (Å²) < 4.78 is 2.72. The van der Waals surface area contributed by atoms with Crippen LogP contribution in [0.4, 0.5) is 34.1 Å². The van der Waals surface area contributed by atoms with Gasteiger partial charge >= 0.3 is 0 Å². The van der Waals surface area contributed by atoms with Crippen LogP contribution >= 0.6 is 11.3 Å². The van der Waals surface area contributed by atoms with Crippen LogP contribution in [0, 0.1) is 6.92 Å². The summed E-state index contributed by atoms with van der Waals surface area (Å²) in [4.78, 5) is 5.18. The van der Waals surface area contributed by atoms with Gasteiger partial charge in [-0.05, 0) is 156 Å². The summed E-state index contributed by atoms with van der Waals surface area (Å²) in [6, 6.07) is 74.5. The lowest BCUT2D eigenvalue weighted by molar-refractivity contribution is 0.590. The van der Waals surface area contributed by atoms with Crippen LogP contribution in [0.2, 0.25) is 0 Å². The topological polar surface area (TPSA) is 6.48 Å². The van der Waals surface area contributed by atoms with Crippen molar-refractivity contribution in [3.05, 3.63) is 233 Å². The van der Waals surface area contributed by atoms with Gasteiger partial charge in [0.2, 0.25) is 0 Å². The van der Waals surface area contributed by atoms with E-state index >= 15 is 0 Å². The molecule has 69 heavy (non-hydrogen) atoms. The molecule has 3 heterocycles. The van der Waals surface area contributed by atoms with Crippen LogP contribution in [0.25, 0.3) is 43.5 Å². The second-order valence-electron chi connectivity index (χ2n) is 21.1. The molecule has 0 fully saturated rings. The van der Waals surface area contributed by atoms with Crippen molar-refractivity contribution in [2.45, 2.75) is 58.3 Å². The Kier molecular flexibility index (Phi) is 8.58. The summed E-state index contributed by atoms with van der Waals surface area (Å²) in [5.74, 6) is 0.407. The molecule has 0 saturated carbocycles. The van der Waals surface area contributed by atoms with Gasteiger partial charge in [-0.2, -0.15) is 0 Å². The van der Waals surface area contributed by atoms with E-state index in [1.54, 1.807) is 0 Å². The van der Waals surface area contributed by atoms with E-state index in [2.05, 4.69) is 245 Å². The SMILES string of the molecule is Cc1cc2c3c(c1)N(c1ccc(C(C)(C)C)cc1)c1c(sc4cc5c(cc14)-c1ccc(C(C)C)cc1C51c4ccccc4-c4ccccc41)B3c1ccc(-c3ccccc3)cc1N2c1ccccc1. The highest BCUT2D eigenvalue weighted by molar-refractivity contribution is 7.33. The normalized spacial score (nSPS) is 14.4. The minimum absolute atomic E-state index is 0.0190. The second-order valence-corrected chi connectivity index (χ2v) is 22.2. The number of para-hydroxylation sites is 1. The number of fused-ring (bicyclic) bond motifs is 16. The predicted molar refractivity (Wildman–Crippen MR) is 295 cm³/mol. The van der Waals surface area contributed by atoms with Crippen molar-refractivity contribution in [3.8, 4) is 33.4 Å². The molecule has 10 aromatic rings. The van der Waals surface area contributed by atoms with Crippen LogP contribution < -0.4 is 25.5 Å². The molecular weight excluding hydrogens is 852 g/mol. The maximum absolute atomic E-state index is 2.63. The third kappa shape index (κ3) is 5.61. The molecule has 0 radical (unpaired) electrons. The summed E-state index contributed by atoms with van der Waals surface area (Å²) in [5, 5.41) is 1.31. The standard InChI is InChI=1S/C65H51BN2S/c1-39(2)42-25-31-49-50-37-51-60(38-55(50)65(54(49)35-42)52-23-15-13-21-47(52)48-22-14-16-24-53(48)65)69-63-62(51)68(46-29-27-44(28-30-46)64(4,5)6)59-34-40(3)33-58-61(59)66(63)56-32-26-43(41-17-9-7-10-18-41)36-57(56)67(58)45-19-11-8-12-20-45/h7-39H,1-6H3. The smallest absolute Gasteiger partial charge is 0.264 e. The van der Waals surface area contributed by atoms with Crippen LogP contribution in [0.15, 0.2) is 194 Å². The van der Waals surface area contributed by atoms with E-state index in [1.807, 2.05) is 11.3 Å². The Morgan fingerprint density at radius 1 is 0.507 bits per heavy atom. The van der Waals surface area contributed by atoms with Crippen molar-refractivity contribution in [2.75, 3.05) is 9.80 Å². The zero-order valence-electron chi connectivity index (χ0n) is 39.9. The number of hydrogen-bond donors (Lipinski definition) is 0. The van der Waals surface area contributed by atoms with E-state index < -0.39 is 5.41 Å². The number of nitrogens with zero attached hydrogens (tertiary/aromatic N) is 2. The molecule has 1 aromatic heterocycles. The number of anilines is 6. The van der Waals surface area contributed by atoms with Gasteiger partial charge < -0.3 is 9.80 Å². The molecule has 0 saturated heterocycles. The molecule has 0 bridgehead atoms. The average molecular weight is 903 g/mol. The number of thiophene rings is 1. The zero-order valence-corrected chi connectivity index (χ0v) is 40.7. The van der Waals surface area contributed by atoms with E-state index in [9.17, 15) is 0 Å². The highest BCUT2D eigenvalue weighted by atomic mass is 32.1. The summed E-state index contributed by atoms with van der Waals surface area (Å²) in [6.07, 6.45) is 0. The van der Waals surface area contributed by atoms with Crippen molar-refractivity contribution in [2.24, 2.45) is 0 Å². The van der Waals surface area contributed by atoms with E-state index in [0.717, 1.165) is 5.69 Å². The summed E-state index contributed by atoms with van der Waals surface area (Å²) in [6.45, 7) is 13.9. The van der Waals surface area contributed by atoms with Crippen LogP contribution in [0.1, 0.15) is 79.5 Å². The Morgan fingerprint density at radius 2 is 1.12 bits per heavy atom. The van der Waals surface area contributed by atoms with Gasteiger partial charge in [0.05, 0.1) is 11.1 Å². The Morgan fingerprint density at radius 3 is 1.80 bits per heavy atom. The first-order valence-electron chi connectivity index (χ1n) is 24.6. The number of hydrogen-bond acceptors (Lipinski definition) is 3.